The highest BCUT2D eigenvalue weighted by Crippen LogP contribution is 2.53. The molecule has 0 N–H and O–H groups in total. The summed E-state index contributed by atoms with van der Waals surface area (Å²) in [6, 6.07) is 65.9. The third-order valence-electron chi connectivity index (χ3n) is 14.5. The molecule has 3 nitrogen and oxygen atoms in total. The van der Waals surface area contributed by atoms with Crippen LogP contribution in [-0.2, 0) is 16.2 Å². The van der Waals surface area contributed by atoms with Gasteiger partial charge in [0, 0.05) is 71.2 Å². The first-order valence-electron chi connectivity index (χ1n) is 22.4. The Labute approximate surface area is 373 Å². The third-order valence-corrected chi connectivity index (χ3v) is 14.5. The highest BCUT2D eigenvalue weighted by Gasteiger charge is 2.38. The lowest BCUT2D eigenvalue weighted by molar-refractivity contribution is 0.630. The van der Waals surface area contributed by atoms with E-state index in [1.807, 2.05) is 0 Å². The molecule has 9 aromatic carbocycles. The Morgan fingerprint density at radius 2 is 0.698 bits per heavy atom. The summed E-state index contributed by atoms with van der Waals surface area (Å²) in [7, 11) is 6.52. The molecule has 63 heavy (non-hydrogen) atoms. The second-order valence-electron chi connectivity index (χ2n) is 19.2. The molecule has 3 aliphatic heterocycles. The Morgan fingerprint density at radius 1 is 0.286 bits per heavy atom. The Balaban J connectivity index is 0.000000112. The van der Waals surface area contributed by atoms with Crippen molar-refractivity contribution in [3.8, 4) is 0 Å². The maximum atomic E-state index is 2.36. The predicted octanol–water partition coefficient (Wildman–Crippen LogP) is 15.7. The minimum atomic E-state index is 0.0132. The largest absolute Gasteiger partial charge is 0.344 e. The Morgan fingerprint density at radius 3 is 1.30 bits per heavy atom. The first-order valence-corrected chi connectivity index (χ1v) is 22.4. The maximum Gasteiger partial charge on any atom is 0.0529 e. The number of fused-ring (bicyclic) bond motifs is 11. The van der Waals surface area contributed by atoms with Gasteiger partial charge in [0.05, 0.1) is 5.69 Å². The summed E-state index contributed by atoms with van der Waals surface area (Å²) in [6.45, 7) is 14.0. The van der Waals surface area contributed by atoms with Gasteiger partial charge in [0.1, 0.15) is 0 Å². The first-order chi connectivity index (χ1) is 30.3. The van der Waals surface area contributed by atoms with Gasteiger partial charge in [-0.15, -0.1) is 0 Å². The number of nitrogens with zero attached hydrogens (tertiary/aromatic N) is 3. The van der Waals surface area contributed by atoms with E-state index in [2.05, 4.69) is 259 Å². The van der Waals surface area contributed by atoms with E-state index in [1.54, 1.807) is 0 Å². The monoisotopic (exact) mass is 819 g/mol. The molecular formula is C60H57N3. The van der Waals surface area contributed by atoms with Crippen LogP contribution in [0.5, 0.6) is 0 Å². The summed E-state index contributed by atoms with van der Waals surface area (Å²) in [4.78, 5) is 6.99. The molecule has 0 aromatic heterocycles. The van der Waals surface area contributed by atoms with Gasteiger partial charge in [-0.05, 0) is 96.7 Å². The topological polar surface area (TPSA) is 9.72 Å². The molecule has 312 valence electrons. The van der Waals surface area contributed by atoms with E-state index in [9.17, 15) is 0 Å². The van der Waals surface area contributed by atoms with Crippen LogP contribution in [0.25, 0.3) is 32.3 Å². The van der Waals surface area contributed by atoms with Gasteiger partial charge in [-0.1, -0.05) is 187 Å². The molecule has 0 aliphatic carbocycles. The standard InChI is InChI=1S/3C20H19N/c1-20(2)16-10-6-7-11-18(16)21(3)19-13-15-9-5-4-8-14(15)12-17(19)20;1-20(2)16-10-6-7-11-18(16)21(3)19-15-9-5-4-8-14(15)12-13-17(19)20;1-20(2)16-10-6-7-11-17(16)21(3)18-13-12-14-8-4-5-9-15(14)19(18)20/h3*4-13H,1-3H3. The summed E-state index contributed by atoms with van der Waals surface area (Å²) in [5.41, 5.74) is 16.4. The average Bonchev–Trinajstić information content (AvgIpc) is 3.31. The van der Waals surface area contributed by atoms with E-state index in [4.69, 9.17) is 0 Å². The summed E-state index contributed by atoms with van der Waals surface area (Å²) in [5, 5.41) is 7.94. The smallest absolute Gasteiger partial charge is 0.0529 e. The van der Waals surface area contributed by atoms with Crippen LogP contribution in [0.3, 0.4) is 0 Å². The van der Waals surface area contributed by atoms with E-state index < -0.39 is 0 Å². The molecular weight excluding hydrogens is 763 g/mol. The van der Waals surface area contributed by atoms with Crippen molar-refractivity contribution >= 4 is 66.4 Å². The fourth-order valence-corrected chi connectivity index (χ4v) is 11.0. The molecule has 9 aromatic rings. The van der Waals surface area contributed by atoms with Gasteiger partial charge >= 0.3 is 0 Å². The van der Waals surface area contributed by atoms with E-state index in [0.717, 1.165) is 0 Å². The highest BCUT2D eigenvalue weighted by atomic mass is 15.1. The molecule has 0 atom stereocenters. The number of benzene rings is 9. The van der Waals surface area contributed by atoms with Gasteiger partial charge in [-0.2, -0.15) is 0 Å². The fraction of sp³-hybridized carbons (Fsp3) is 0.200. The van der Waals surface area contributed by atoms with Crippen LogP contribution in [0.2, 0.25) is 0 Å². The summed E-state index contributed by atoms with van der Waals surface area (Å²) < 4.78 is 0. The van der Waals surface area contributed by atoms with E-state index in [0.29, 0.717) is 0 Å². The molecule has 0 bridgehead atoms. The minimum Gasteiger partial charge on any atom is -0.344 e. The molecule has 0 spiro atoms. The van der Waals surface area contributed by atoms with Crippen LogP contribution in [-0.4, -0.2) is 21.1 Å². The van der Waals surface area contributed by atoms with E-state index in [-0.39, 0.29) is 16.2 Å². The summed E-state index contributed by atoms with van der Waals surface area (Å²) >= 11 is 0. The van der Waals surface area contributed by atoms with E-state index >= 15 is 0 Å². The molecule has 12 rings (SSSR count). The molecule has 3 aliphatic rings. The van der Waals surface area contributed by atoms with Crippen molar-refractivity contribution in [2.24, 2.45) is 0 Å². The van der Waals surface area contributed by atoms with E-state index in [1.165, 1.54) is 99.8 Å². The SMILES string of the molecule is CN1c2ccccc2C(C)(C)c2c1ccc1ccccc21.CN1c2ccccc2C(C)(C)c2cc3ccccc3cc21.CN1c2ccccc2C(C)(C)c2ccc3ccccc3c21. The third kappa shape index (κ3) is 6.31. The van der Waals surface area contributed by atoms with Gasteiger partial charge in [-0.3, -0.25) is 0 Å². The second-order valence-corrected chi connectivity index (χ2v) is 19.2. The maximum absolute atomic E-state index is 2.36. The molecule has 0 saturated carbocycles. The van der Waals surface area contributed by atoms with Crippen molar-refractivity contribution in [1.29, 1.82) is 0 Å². The molecule has 3 heteroatoms. The van der Waals surface area contributed by atoms with Crippen molar-refractivity contribution in [2.75, 3.05) is 35.8 Å². The average molecular weight is 820 g/mol. The second kappa shape index (κ2) is 14.9. The van der Waals surface area contributed by atoms with Crippen molar-refractivity contribution in [1.82, 2.24) is 0 Å². The van der Waals surface area contributed by atoms with Crippen LogP contribution in [0.1, 0.15) is 74.9 Å². The predicted molar refractivity (Wildman–Crippen MR) is 272 cm³/mol. The molecule has 0 fully saturated rings. The van der Waals surface area contributed by atoms with Crippen LogP contribution < -0.4 is 14.7 Å². The van der Waals surface area contributed by atoms with Crippen molar-refractivity contribution in [3.63, 3.8) is 0 Å². The lowest BCUT2D eigenvalue weighted by atomic mass is 9.72. The molecule has 3 heterocycles. The van der Waals surface area contributed by atoms with Crippen LogP contribution in [0.15, 0.2) is 182 Å². The fourth-order valence-electron chi connectivity index (χ4n) is 11.0. The van der Waals surface area contributed by atoms with Crippen molar-refractivity contribution in [2.45, 2.75) is 57.8 Å². The van der Waals surface area contributed by atoms with Crippen molar-refractivity contribution < 1.29 is 0 Å². The molecule has 0 unspecified atom stereocenters. The molecule has 0 amide bonds. The summed E-state index contributed by atoms with van der Waals surface area (Å²) in [6.07, 6.45) is 0. The lowest BCUT2D eigenvalue weighted by Gasteiger charge is -2.41. The van der Waals surface area contributed by atoms with Crippen LogP contribution in [0.4, 0.5) is 34.1 Å². The number of para-hydroxylation sites is 3. The quantitative estimate of drug-likeness (QED) is 0.151. The normalized spacial score (nSPS) is 15.7. The van der Waals surface area contributed by atoms with Crippen LogP contribution in [0, 0.1) is 0 Å². The lowest BCUT2D eigenvalue weighted by Crippen LogP contribution is -2.31. The summed E-state index contributed by atoms with van der Waals surface area (Å²) in [5.74, 6) is 0. The number of hydrogen-bond acceptors (Lipinski definition) is 3. The minimum absolute atomic E-state index is 0.0132. The number of hydrogen-bond donors (Lipinski definition) is 0. The highest BCUT2D eigenvalue weighted by molar-refractivity contribution is 6.00. The van der Waals surface area contributed by atoms with Crippen LogP contribution >= 0.6 is 0 Å². The van der Waals surface area contributed by atoms with Crippen molar-refractivity contribution in [3.05, 3.63) is 215 Å². The van der Waals surface area contributed by atoms with Gasteiger partial charge in [-0.25, -0.2) is 0 Å². The van der Waals surface area contributed by atoms with Gasteiger partial charge in [0.15, 0.2) is 0 Å². The van der Waals surface area contributed by atoms with Gasteiger partial charge < -0.3 is 14.7 Å². The zero-order valence-corrected chi connectivity index (χ0v) is 38.2. The molecule has 0 saturated heterocycles. The molecule has 0 radical (unpaired) electrons. The Kier molecular flexibility index (Phi) is 9.53. The first kappa shape index (κ1) is 40.2. The van der Waals surface area contributed by atoms with Gasteiger partial charge in [0.25, 0.3) is 0 Å². The Bertz CT molecular complexity index is 3180. The zero-order valence-electron chi connectivity index (χ0n) is 38.2. The number of anilines is 6. The van der Waals surface area contributed by atoms with Gasteiger partial charge in [0.2, 0.25) is 0 Å². The number of rotatable bonds is 0. The zero-order chi connectivity index (χ0) is 43.8. The Hall–Kier alpha value is -6.84.